The fraction of sp³-hybridized carbons (Fsp3) is 0.692. The molecule has 1 aromatic heterocycles. The van der Waals surface area contributed by atoms with Gasteiger partial charge in [0.15, 0.2) is 0 Å². The zero-order valence-electron chi connectivity index (χ0n) is 10.3. The molecule has 0 saturated heterocycles. The zero-order chi connectivity index (χ0) is 12.7. The molecule has 1 heterocycles. The quantitative estimate of drug-likeness (QED) is 0.585. The first-order valence-corrected chi connectivity index (χ1v) is 8.34. The maximum absolute atomic E-state index is 6.15. The third-order valence-corrected chi connectivity index (χ3v) is 5.50. The minimum Gasteiger partial charge on any atom is -0.323 e. The molecule has 0 aliphatic rings. The average molecular weight is 339 g/mol. The zero-order valence-corrected chi connectivity index (χ0v) is 13.5. The highest BCUT2D eigenvalue weighted by Crippen LogP contribution is 2.35. The van der Waals surface area contributed by atoms with E-state index in [0.717, 1.165) is 15.2 Å². The van der Waals surface area contributed by atoms with Crippen LogP contribution in [-0.4, -0.2) is 0 Å². The number of rotatable bonds is 8. The van der Waals surface area contributed by atoms with Gasteiger partial charge in [-0.2, -0.15) is 0 Å². The highest BCUT2D eigenvalue weighted by atomic mass is 79.9. The average Bonchev–Trinajstić information content (AvgIpc) is 2.64. The minimum absolute atomic E-state index is 0.148. The van der Waals surface area contributed by atoms with Crippen LogP contribution in [-0.2, 0) is 0 Å². The predicted molar refractivity (Wildman–Crippen MR) is 82.0 cm³/mol. The maximum Gasteiger partial charge on any atom is 0.107 e. The molecule has 1 rings (SSSR count). The molecule has 1 unspecified atom stereocenters. The van der Waals surface area contributed by atoms with Crippen molar-refractivity contribution >= 4 is 38.9 Å². The molecule has 1 aromatic rings. The lowest BCUT2D eigenvalue weighted by molar-refractivity contribution is 0.551. The maximum atomic E-state index is 6.15. The van der Waals surface area contributed by atoms with E-state index < -0.39 is 0 Å². The molecular weight excluding hydrogens is 318 g/mol. The molecule has 4 heteroatoms. The Bertz CT molecular complexity index is 308. The van der Waals surface area contributed by atoms with Crippen LogP contribution >= 0.6 is 38.9 Å². The predicted octanol–water partition coefficient (Wildman–Crippen LogP) is 5.91. The van der Waals surface area contributed by atoms with Gasteiger partial charge in [0.2, 0.25) is 0 Å². The summed E-state index contributed by atoms with van der Waals surface area (Å²) in [4.78, 5) is 1.19. The van der Waals surface area contributed by atoms with Gasteiger partial charge in [0, 0.05) is 15.4 Å². The number of unbranched alkanes of at least 4 members (excludes halogenated alkanes) is 5. The van der Waals surface area contributed by atoms with E-state index in [-0.39, 0.29) is 6.04 Å². The van der Waals surface area contributed by atoms with Crippen LogP contribution in [0.4, 0.5) is 0 Å². The summed E-state index contributed by atoms with van der Waals surface area (Å²) in [5.41, 5.74) is 6.15. The van der Waals surface area contributed by atoms with Crippen molar-refractivity contribution in [1.82, 2.24) is 0 Å². The molecule has 0 saturated carbocycles. The van der Waals surface area contributed by atoms with Crippen molar-refractivity contribution < 1.29 is 0 Å². The van der Waals surface area contributed by atoms with Crippen LogP contribution in [0.1, 0.15) is 62.8 Å². The Kier molecular flexibility index (Phi) is 7.76. The summed E-state index contributed by atoms with van der Waals surface area (Å²) in [6.07, 6.45) is 8.96. The van der Waals surface area contributed by atoms with Crippen molar-refractivity contribution in [2.75, 3.05) is 0 Å². The van der Waals surface area contributed by atoms with Crippen molar-refractivity contribution in [1.29, 1.82) is 0 Å². The summed E-state index contributed by atoms with van der Waals surface area (Å²) < 4.78 is 1.77. The van der Waals surface area contributed by atoms with Crippen LogP contribution in [0.15, 0.2) is 10.5 Å². The lowest BCUT2D eigenvalue weighted by Gasteiger charge is -2.08. The number of halogens is 2. The molecule has 0 amide bonds. The third kappa shape index (κ3) is 5.73. The van der Waals surface area contributed by atoms with E-state index in [1.807, 2.05) is 0 Å². The molecular formula is C13H21BrClNS. The van der Waals surface area contributed by atoms with E-state index in [4.69, 9.17) is 17.3 Å². The lowest BCUT2D eigenvalue weighted by Crippen LogP contribution is -2.08. The molecule has 2 N–H and O–H groups in total. The minimum atomic E-state index is 0.148. The summed E-state index contributed by atoms with van der Waals surface area (Å²) in [6, 6.07) is 2.20. The second kappa shape index (κ2) is 8.52. The highest BCUT2D eigenvalue weighted by molar-refractivity contribution is 9.10. The van der Waals surface area contributed by atoms with Crippen molar-refractivity contribution in [3.05, 3.63) is 19.8 Å². The molecule has 0 spiro atoms. The number of hydrogen-bond acceptors (Lipinski definition) is 2. The van der Waals surface area contributed by atoms with Crippen LogP contribution in [0.3, 0.4) is 0 Å². The van der Waals surface area contributed by atoms with Crippen molar-refractivity contribution in [2.45, 2.75) is 57.9 Å². The highest BCUT2D eigenvalue weighted by Gasteiger charge is 2.11. The van der Waals surface area contributed by atoms with E-state index in [1.54, 1.807) is 11.3 Å². The van der Waals surface area contributed by atoms with Gasteiger partial charge in [-0.15, -0.1) is 11.3 Å². The van der Waals surface area contributed by atoms with E-state index >= 15 is 0 Å². The van der Waals surface area contributed by atoms with Gasteiger partial charge in [-0.3, -0.25) is 0 Å². The SMILES string of the molecule is CCCCCCCCC(N)c1cc(Br)c(Cl)s1. The summed E-state index contributed by atoms with van der Waals surface area (Å²) in [7, 11) is 0. The second-order valence-corrected chi connectivity index (χ2v) is 6.97. The molecule has 0 aliphatic heterocycles. The van der Waals surface area contributed by atoms with Gasteiger partial charge in [0.1, 0.15) is 4.34 Å². The fourth-order valence-electron chi connectivity index (χ4n) is 1.83. The van der Waals surface area contributed by atoms with E-state index in [9.17, 15) is 0 Å². The molecule has 0 bridgehead atoms. The first-order chi connectivity index (χ1) is 8.15. The van der Waals surface area contributed by atoms with Crippen LogP contribution in [0.5, 0.6) is 0 Å². The van der Waals surface area contributed by atoms with E-state index in [2.05, 4.69) is 28.9 Å². The molecule has 17 heavy (non-hydrogen) atoms. The van der Waals surface area contributed by atoms with Gasteiger partial charge in [-0.1, -0.05) is 57.0 Å². The fourth-order valence-corrected chi connectivity index (χ4v) is 3.61. The van der Waals surface area contributed by atoms with Crippen LogP contribution in [0.25, 0.3) is 0 Å². The summed E-state index contributed by atoms with van der Waals surface area (Å²) in [5.74, 6) is 0. The van der Waals surface area contributed by atoms with Crippen molar-refractivity contribution in [3.8, 4) is 0 Å². The van der Waals surface area contributed by atoms with Gasteiger partial charge < -0.3 is 5.73 Å². The molecule has 1 atom stereocenters. The Labute approximate surface area is 122 Å². The van der Waals surface area contributed by atoms with Gasteiger partial charge in [-0.25, -0.2) is 0 Å². The molecule has 0 radical (unpaired) electrons. The Balaban J connectivity index is 2.19. The number of nitrogens with two attached hydrogens (primary N) is 1. The standard InChI is InChI=1S/C13H21BrClNS/c1-2-3-4-5-6-7-8-11(16)12-9-10(14)13(15)17-12/h9,11H,2-8,16H2,1H3. The molecule has 0 aromatic carbocycles. The summed E-state index contributed by atoms with van der Waals surface area (Å²) >= 11 is 11.0. The molecule has 0 fully saturated rings. The molecule has 1 nitrogen and oxygen atoms in total. The van der Waals surface area contributed by atoms with Crippen LogP contribution in [0, 0.1) is 0 Å². The lowest BCUT2D eigenvalue weighted by atomic mass is 10.1. The topological polar surface area (TPSA) is 26.0 Å². The largest absolute Gasteiger partial charge is 0.323 e. The first kappa shape index (κ1) is 15.5. The Morgan fingerprint density at radius 2 is 1.94 bits per heavy atom. The molecule has 98 valence electrons. The smallest absolute Gasteiger partial charge is 0.107 e. The number of thiophene rings is 1. The molecule has 0 aliphatic carbocycles. The third-order valence-electron chi connectivity index (χ3n) is 2.90. The summed E-state index contributed by atoms with van der Waals surface area (Å²) in [6.45, 7) is 2.24. The van der Waals surface area contributed by atoms with Crippen LogP contribution < -0.4 is 5.73 Å². The first-order valence-electron chi connectivity index (χ1n) is 6.35. The van der Waals surface area contributed by atoms with Gasteiger partial charge in [-0.05, 0) is 28.4 Å². The Morgan fingerprint density at radius 3 is 2.53 bits per heavy atom. The van der Waals surface area contributed by atoms with Gasteiger partial charge >= 0.3 is 0 Å². The van der Waals surface area contributed by atoms with Gasteiger partial charge in [0.25, 0.3) is 0 Å². The Hall–Kier alpha value is 0.430. The van der Waals surface area contributed by atoms with Crippen molar-refractivity contribution in [2.24, 2.45) is 5.73 Å². The number of hydrogen-bond donors (Lipinski definition) is 1. The summed E-state index contributed by atoms with van der Waals surface area (Å²) in [5, 5.41) is 0. The van der Waals surface area contributed by atoms with E-state index in [0.29, 0.717) is 0 Å². The van der Waals surface area contributed by atoms with Crippen LogP contribution in [0.2, 0.25) is 4.34 Å². The second-order valence-electron chi connectivity index (χ2n) is 4.43. The van der Waals surface area contributed by atoms with E-state index in [1.165, 1.54) is 43.4 Å². The van der Waals surface area contributed by atoms with Gasteiger partial charge in [0.05, 0.1) is 0 Å². The van der Waals surface area contributed by atoms with Crippen molar-refractivity contribution in [3.63, 3.8) is 0 Å². The monoisotopic (exact) mass is 337 g/mol. The Morgan fingerprint density at radius 1 is 1.29 bits per heavy atom. The normalized spacial score (nSPS) is 12.9.